The second-order valence-corrected chi connectivity index (χ2v) is 5.43. The van der Waals surface area contributed by atoms with Gasteiger partial charge in [-0.25, -0.2) is 0 Å². The fourth-order valence-electron chi connectivity index (χ4n) is 2.75. The summed E-state index contributed by atoms with van der Waals surface area (Å²) in [6.45, 7) is -0.214. The molecule has 0 radical (unpaired) electrons. The van der Waals surface area contributed by atoms with Gasteiger partial charge in [0, 0.05) is 6.54 Å². The van der Waals surface area contributed by atoms with E-state index in [4.69, 9.17) is 4.74 Å². The van der Waals surface area contributed by atoms with Crippen LogP contribution in [0.1, 0.15) is 32.2 Å². The molecule has 0 saturated heterocycles. The molecule has 2 aromatic carbocycles. The molecule has 6 heteroatoms. The zero-order valence-electron chi connectivity index (χ0n) is 12.9. The number of ether oxygens (including phenoxy) is 1. The molecule has 0 aromatic heterocycles. The van der Waals surface area contributed by atoms with Gasteiger partial charge < -0.3 is 9.84 Å². The van der Waals surface area contributed by atoms with E-state index in [9.17, 15) is 19.5 Å². The standard InChI is InChI=1S/C18H15NO5/c1-24-12-8-6-11(7-9-12)15(18(22)23)10-19-16(20)13-4-2-3-5-14(13)17(19)21/h2-9,15H,10H2,1H3,(H,22,23)/t15-/m0/s1. The van der Waals surface area contributed by atoms with E-state index < -0.39 is 23.7 Å². The number of nitrogens with zero attached hydrogens (tertiary/aromatic N) is 1. The average Bonchev–Trinajstić information content (AvgIpc) is 2.84. The molecule has 0 spiro atoms. The minimum atomic E-state index is -1.10. The summed E-state index contributed by atoms with van der Waals surface area (Å²) >= 11 is 0. The third-order valence-electron chi connectivity index (χ3n) is 4.06. The topological polar surface area (TPSA) is 83.9 Å². The monoisotopic (exact) mass is 325 g/mol. The molecule has 1 N–H and O–H groups in total. The molecule has 1 aliphatic rings. The molecule has 1 heterocycles. The summed E-state index contributed by atoms with van der Waals surface area (Å²) in [6, 6.07) is 13.0. The number of carboxylic acid groups (broad SMARTS) is 1. The van der Waals surface area contributed by atoms with E-state index in [0.717, 1.165) is 4.90 Å². The van der Waals surface area contributed by atoms with E-state index in [1.807, 2.05) is 0 Å². The predicted octanol–water partition coefficient (Wildman–Crippen LogP) is 2.16. The molecule has 0 unspecified atom stereocenters. The van der Waals surface area contributed by atoms with Crippen LogP contribution in [-0.2, 0) is 4.79 Å². The number of fused-ring (bicyclic) bond motifs is 1. The fourth-order valence-corrected chi connectivity index (χ4v) is 2.75. The van der Waals surface area contributed by atoms with E-state index in [0.29, 0.717) is 22.4 Å². The van der Waals surface area contributed by atoms with Crippen LogP contribution in [0.2, 0.25) is 0 Å². The lowest BCUT2D eigenvalue weighted by Gasteiger charge is -2.20. The van der Waals surface area contributed by atoms with Gasteiger partial charge in [-0.2, -0.15) is 0 Å². The second kappa shape index (κ2) is 6.16. The normalized spacial score (nSPS) is 14.5. The molecule has 1 aliphatic heterocycles. The Morgan fingerprint density at radius 2 is 1.58 bits per heavy atom. The Kier molecular flexibility index (Phi) is 4.04. The number of imide groups is 1. The number of carbonyl (C=O) groups excluding carboxylic acids is 2. The molecule has 6 nitrogen and oxygen atoms in total. The summed E-state index contributed by atoms with van der Waals surface area (Å²) in [6.07, 6.45) is 0. The predicted molar refractivity (Wildman–Crippen MR) is 85.2 cm³/mol. The summed E-state index contributed by atoms with van der Waals surface area (Å²) in [5.74, 6) is -2.43. The van der Waals surface area contributed by atoms with Gasteiger partial charge in [0.2, 0.25) is 0 Å². The summed E-state index contributed by atoms with van der Waals surface area (Å²) < 4.78 is 5.05. The molecular formula is C18H15NO5. The lowest BCUT2D eigenvalue weighted by Crippen LogP contribution is -2.36. The third kappa shape index (κ3) is 2.62. The number of hydrogen-bond donors (Lipinski definition) is 1. The van der Waals surface area contributed by atoms with Gasteiger partial charge in [-0.05, 0) is 29.8 Å². The van der Waals surface area contributed by atoms with Crippen LogP contribution >= 0.6 is 0 Å². The van der Waals surface area contributed by atoms with Gasteiger partial charge in [-0.15, -0.1) is 0 Å². The zero-order chi connectivity index (χ0) is 17.3. The molecule has 24 heavy (non-hydrogen) atoms. The minimum absolute atomic E-state index is 0.214. The van der Waals surface area contributed by atoms with Gasteiger partial charge in [-0.1, -0.05) is 24.3 Å². The molecule has 0 bridgehead atoms. The molecular weight excluding hydrogens is 310 g/mol. The smallest absolute Gasteiger partial charge is 0.312 e. The van der Waals surface area contributed by atoms with Gasteiger partial charge >= 0.3 is 5.97 Å². The van der Waals surface area contributed by atoms with Crippen molar-refractivity contribution in [2.75, 3.05) is 13.7 Å². The second-order valence-electron chi connectivity index (χ2n) is 5.43. The van der Waals surface area contributed by atoms with Gasteiger partial charge in [0.25, 0.3) is 11.8 Å². The van der Waals surface area contributed by atoms with Crippen molar-refractivity contribution in [2.24, 2.45) is 0 Å². The number of carbonyl (C=O) groups is 3. The first-order chi connectivity index (χ1) is 11.5. The number of rotatable bonds is 5. The van der Waals surface area contributed by atoms with Crippen molar-refractivity contribution in [2.45, 2.75) is 5.92 Å². The minimum Gasteiger partial charge on any atom is -0.497 e. The lowest BCUT2D eigenvalue weighted by molar-refractivity contribution is -0.138. The van der Waals surface area contributed by atoms with Crippen LogP contribution in [0.5, 0.6) is 5.75 Å². The first kappa shape index (κ1) is 15.7. The Hall–Kier alpha value is -3.15. The van der Waals surface area contributed by atoms with E-state index in [2.05, 4.69) is 0 Å². The largest absolute Gasteiger partial charge is 0.497 e. The first-order valence-electron chi connectivity index (χ1n) is 7.35. The number of benzene rings is 2. The van der Waals surface area contributed by atoms with Crippen LogP contribution in [0.25, 0.3) is 0 Å². The zero-order valence-corrected chi connectivity index (χ0v) is 12.9. The molecule has 0 saturated carbocycles. The van der Waals surface area contributed by atoms with Crippen molar-refractivity contribution < 1.29 is 24.2 Å². The summed E-state index contributed by atoms with van der Waals surface area (Å²) in [5, 5.41) is 9.52. The van der Waals surface area contributed by atoms with E-state index in [1.54, 1.807) is 48.5 Å². The van der Waals surface area contributed by atoms with Crippen LogP contribution < -0.4 is 4.74 Å². The van der Waals surface area contributed by atoms with Crippen LogP contribution in [0.4, 0.5) is 0 Å². The molecule has 0 aliphatic carbocycles. The van der Waals surface area contributed by atoms with Crippen molar-refractivity contribution in [3.05, 3.63) is 65.2 Å². The SMILES string of the molecule is COc1ccc([C@H](CN2C(=O)c3ccccc3C2=O)C(=O)O)cc1. The summed E-state index contributed by atoms with van der Waals surface area (Å²) in [7, 11) is 1.52. The number of aliphatic carboxylic acids is 1. The van der Waals surface area contributed by atoms with Crippen molar-refractivity contribution in [3.63, 3.8) is 0 Å². The highest BCUT2D eigenvalue weighted by atomic mass is 16.5. The lowest BCUT2D eigenvalue weighted by atomic mass is 9.98. The van der Waals surface area contributed by atoms with E-state index in [-0.39, 0.29) is 6.54 Å². The maximum Gasteiger partial charge on any atom is 0.312 e. The molecule has 3 rings (SSSR count). The summed E-state index contributed by atoms with van der Waals surface area (Å²) in [4.78, 5) is 37.4. The average molecular weight is 325 g/mol. The van der Waals surface area contributed by atoms with Crippen LogP contribution in [-0.4, -0.2) is 41.4 Å². The fraction of sp³-hybridized carbons (Fsp3) is 0.167. The van der Waals surface area contributed by atoms with Crippen LogP contribution in [0.15, 0.2) is 48.5 Å². The van der Waals surface area contributed by atoms with Gasteiger partial charge in [0.1, 0.15) is 5.75 Å². The molecule has 0 fully saturated rings. The van der Waals surface area contributed by atoms with Crippen molar-refractivity contribution in [3.8, 4) is 5.75 Å². The molecule has 2 aromatic rings. The molecule has 1 atom stereocenters. The Morgan fingerprint density at radius 3 is 2.04 bits per heavy atom. The Bertz CT molecular complexity index is 777. The van der Waals surface area contributed by atoms with Crippen LogP contribution in [0.3, 0.4) is 0 Å². The van der Waals surface area contributed by atoms with Gasteiger partial charge in [-0.3, -0.25) is 19.3 Å². The number of amides is 2. The third-order valence-corrected chi connectivity index (χ3v) is 4.06. The maximum atomic E-state index is 12.4. The Balaban J connectivity index is 1.88. The quantitative estimate of drug-likeness (QED) is 0.852. The van der Waals surface area contributed by atoms with Gasteiger partial charge in [0.15, 0.2) is 0 Å². The van der Waals surface area contributed by atoms with E-state index >= 15 is 0 Å². The van der Waals surface area contributed by atoms with Crippen molar-refractivity contribution in [1.29, 1.82) is 0 Å². The van der Waals surface area contributed by atoms with E-state index in [1.165, 1.54) is 7.11 Å². The highest BCUT2D eigenvalue weighted by molar-refractivity contribution is 6.21. The van der Waals surface area contributed by atoms with Crippen LogP contribution in [0, 0.1) is 0 Å². The highest BCUT2D eigenvalue weighted by Crippen LogP contribution is 2.27. The number of carboxylic acids is 1. The number of hydrogen-bond acceptors (Lipinski definition) is 4. The maximum absolute atomic E-state index is 12.4. The van der Waals surface area contributed by atoms with Crippen molar-refractivity contribution in [1.82, 2.24) is 4.90 Å². The van der Waals surface area contributed by atoms with Crippen molar-refractivity contribution >= 4 is 17.8 Å². The molecule has 2 amide bonds. The Labute approximate surface area is 138 Å². The number of methoxy groups -OCH3 is 1. The highest BCUT2D eigenvalue weighted by Gasteiger charge is 2.38. The Morgan fingerprint density at radius 1 is 1.04 bits per heavy atom. The summed E-state index contributed by atoms with van der Waals surface area (Å²) in [5.41, 5.74) is 1.11. The first-order valence-corrected chi connectivity index (χ1v) is 7.35. The van der Waals surface area contributed by atoms with Gasteiger partial charge in [0.05, 0.1) is 24.2 Å². The molecule has 122 valence electrons.